The number of thiazole rings is 1. The Kier molecular flexibility index (Phi) is 3.43. The molecule has 0 aliphatic heterocycles. The minimum absolute atomic E-state index is 0.142. The summed E-state index contributed by atoms with van der Waals surface area (Å²) in [5.41, 5.74) is 0.982. The van der Waals surface area contributed by atoms with E-state index in [1.807, 2.05) is 0 Å². The van der Waals surface area contributed by atoms with Crippen molar-refractivity contribution in [3.63, 3.8) is 0 Å². The molecule has 0 aromatic carbocycles. The van der Waals surface area contributed by atoms with Crippen LogP contribution in [0.2, 0.25) is 0 Å². The summed E-state index contributed by atoms with van der Waals surface area (Å²) in [6, 6.07) is 0. The van der Waals surface area contributed by atoms with E-state index < -0.39 is 0 Å². The Morgan fingerprint density at radius 1 is 1.39 bits per heavy atom. The van der Waals surface area contributed by atoms with E-state index in [4.69, 9.17) is 9.72 Å². The number of fused-ring (bicyclic) bond motifs is 1. The van der Waals surface area contributed by atoms with Crippen LogP contribution >= 0.6 is 11.3 Å². The molecule has 0 radical (unpaired) electrons. The van der Waals surface area contributed by atoms with Gasteiger partial charge in [0, 0.05) is 6.61 Å². The van der Waals surface area contributed by atoms with Crippen molar-refractivity contribution < 1.29 is 9.84 Å². The smallest absolute Gasteiger partial charge is 0.125 e. The summed E-state index contributed by atoms with van der Waals surface area (Å²) in [6.07, 6.45) is 7.30. The fourth-order valence-electron chi connectivity index (χ4n) is 3.23. The Morgan fingerprint density at radius 2 is 2.17 bits per heavy atom. The van der Waals surface area contributed by atoms with Crippen molar-refractivity contribution in [1.29, 1.82) is 0 Å². The minimum atomic E-state index is -0.292. The van der Waals surface area contributed by atoms with Gasteiger partial charge in [0.1, 0.15) is 10.6 Å². The van der Waals surface area contributed by atoms with Crippen LogP contribution in [-0.2, 0) is 16.8 Å². The number of aliphatic hydroxyl groups excluding tert-OH is 1. The maximum absolute atomic E-state index is 10.1. The Labute approximate surface area is 112 Å². The van der Waals surface area contributed by atoms with Crippen LogP contribution in [0.4, 0.5) is 0 Å². The van der Waals surface area contributed by atoms with Gasteiger partial charge in [0.2, 0.25) is 0 Å². The second-order valence-electron chi connectivity index (χ2n) is 5.37. The summed E-state index contributed by atoms with van der Waals surface area (Å²) in [5.74, 6) is 0. The molecule has 2 aliphatic rings. The number of nitrogens with zero attached hydrogens (tertiary/aromatic N) is 1. The topological polar surface area (TPSA) is 42.4 Å². The molecule has 3 rings (SSSR count). The number of aryl methyl sites for hydroxylation is 1. The van der Waals surface area contributed by atoms with Gasteiger partial charge in [0.15, 0.2) is 0 Å². The van der Waals surface area contributed by atoms with Crippen LogP contribution in [0.15, 0.2) is 0 Å². The first kappa shape index (κ1) is 12.6. The monoisotopic (exact) mass is 267 g/mol. The summed E-state index contributed by atoms with van der Waals surface area (Å²) in [4.78, 5) is 5.91. The lowest BCUT2D eigenvalue weighted by Crippen LogP contribution is -2.26. The first-order valence-electron chi connectivity index (χ1n) is 7.07. The largest absolute Gasteiger partial charge is 0.388 e. The van der Waals surface area contributed by atoms with Crippen LogP contribution in [0.1, 0.15) is 67.1 Å². The molecule has 0 bridgehead atoms. The van der Waals surface area contributed by atoms with Crippen LogP contribution in [0.25, 0.3) is 0 Å². The summed E-state index contributed by atoms with van der Waals surface area (Å²) >= 11 is 1.69. The molecule has 4 heteroatoms. The fourth-order valence-corrected chi connectivity index (χ4v) is 4.57. The number of rotatable bonds is 3. The standard InChI is InChI=1S/C14H21NO2S/c1-2-17-14(8-3-4-9-14)13-15-10-6-5-7-11(16)12(10)18-13/h11,16H,2-9H2,1H3. The van der Waals surface area contributed by atoms with Gasteiger partial charge < -0.3 is 9.84 Å². The molecule has 1 heterocycles. The third-order valence-electron chi connectivity index (χ3n) is 4.14. The number of aromatic nitrogens is 1. The molecule has 100 valence electrons. The van der Waals surface area contributed by atoms with Crippen molar-refractivity contribution >= 4 is 11.3 Å². The minimum Gasteiger partial charge on any atom is -0.388 e. The van der Waals surface area contributed by atoms with Gasteiger partial charge in [-0.25, -0.2) is 4.98 Å². The van der Waals surface area contributed by atoms with E-state index in [1.165, 1.54) is 12.8 Å². The zero-order valence-electron chi connectivity index (χ0n) is 10.9. The lowest BCUT2D eigenvalue weighted by Gasteiger charge is -2.26. The van der Waals surface area contributed by atoms with Crippen LogP contribution < -0.4 is 0 Å². The molecule has 1 aromatic rings. The molecule has 0 amide bonds. The normalized spacial score (nSPS) is 26.2. The van der Waals surface area contributed by atoms with Gasteiger partial charge in [-0.1, -0.05) is 12.8 Å². The average molecular weight is 267 g/mol. The van der Waals surface area contributed by atoms with Crippen molar-refractivity contribution in [3.8, 4) is 0 Å². The molecule has 0 spiro atoms. The zero-order chi connectivity index (χ0) is 12.6. The van der Waals surface area contributed by atoms with Gasteiger partial charge >= 0.3 is 0 Å². The first-order chi connectivity index (χ1) is 8.75. The molecule has 3 nitrogen and oxygen atoms in total. The lowest BCUT2D eigenvalue weighted by atomic mass is 10.00. The number of hydrogen-bond donors (Lipinski definition) is 1. The van der Waals surface area contributed by atoms with Gasteiger partial charge in [-0.15, -0.1) is 11.3 Å². The fraction of sp³-hybridized carbons (Fsp3) is 0.786. The molecule has 1 aromatic heterocycles. The Balaban J connectivity index is 1.95. The van der Waals surface area contributed by atoms with Crippen molar-refractivity contribution in [1.82, 2.24) is 4.98 Å². The summed E-state index contributed by atoms with van der Waals surface area (Å²) in [6.45, 7) is 2.80. The van der Waals surface area contributed by atoms with Crippen LogP contribution in [0.5, 0.6) is 0 Å². The van der Waals surface area contributed by atoms with Crippen molar-refractivity contribution in [2.24, 2.45) is 0 Å². The molecule has 18 heavy (non-hydrogen) atoms. The molecule has 1 N–H and O–H groups in total. The molecule has 2 aliphatic carbocycles. The summed E-state index contributed by atoms with van der Waals surface area (Å²) in [5, 5.41) is 11.2. The van der Waals surface area contributed by atoms with Crippen molar-refractivity contribution in [2.75, 3.05) is 6.61 Å². The highest BCUT2D eigenvalue weighted by atomic mass is 32.1. The molecular weight excluding hydrogens is 246 g/mol. The second kappa shape index (κ2) is 4.91. The molecule has 1 fully saturated rings. The van der Waals surface area contributed by atoms with Crippen LogP contribution in [0, 0.1) is 0 Å². The van der Waals surface area contributed by atoms with E-state index >= 15 is 0 Å². The number of aliphatic hydroxyl groups is 1. The summed E-state index contributed by atoms with van der Waals surface area (Å²) in [7, 11) is 0. The predicted octanol–water partition coefficient (Wildman–Crippen LogP) is 3.32. The van der Waals surface area contributed by atoms with Crippen molar-refractivity contribution in [3.05, 3.63) is 15.6 Å². The van der Waals surface area contributed by atoms with E-state index in [1.54, 1.807) is 11.3 Å². The predicted molar refractivity (Wildman–Crippen MR) is 71.8 cm³/mol. The average Bonchev–Trinajstić information content (AvgIpc) is 2.97. The molecule has 0 saturated heterocycles. The van der Waals surface area contributed by atoms with E-state index in [9.17, 15) is 5.11 Å². The Hall–Kier alpha value is -0.450. The second-order valence-corrected chi connectivity index (χ2v) is 6.40. The molecule has 1 atom stereocenters. The number of hydrogen-bond acceptors (Lipinski definition) is 4. The third-order valence-corrected chi connectivity index (χ3v) is 5.53. The highest BCUT2D eigenvalue weighted by Crippen LogP contribution is 2.46. The molecular formula is C14H21NO2S. The zero-order valence-corrected chi connectivity index (χ0v) is 11.8. The van der Waals surface area contributed by atoms with E-state index in [0.717, 1.165) is 54.3 Å². The van der Waals surface area contributed by atoms with E-state index in [0.29, 0.717) is 0 Å². The van der Waals surface area contributed by atoms with Gasteiger partial charge in [0.25, 0.3) is 0 Å². The van der Waals surface area contributed by atoms with Gasteiger partial charge in [-0.05, 0) is 39.0 Å². The number of ether oxygens (including phenoxy) is 1. The van der Waals surface area contributed by atoms with Crippen molar-refractivity contribution in [2.45, 2.75) is 63.6 Å². The molecule has 1 saturated carbocycles. The SMILES string of the molecule is CCOC1(c2nc3c(s2)C(O)CCC3)CCCC1. The van der Waals surface area contributed by atoms with Gasteiger partial charge in [-0.3, -0.25) is 0 Å². The highest BCUT2D eigenvalue weighted by molar-refractivity contribution is 7.12. The quantitative estimate of drug-likeness (QED) is 0.913. The highest BCUT2D eigenvalue weighted by Gasteiger charge is 2.40. The maximum atomic E-state index is 10.1. The van der Waals surface area contributed by atoms with E-state index in [-0.39, 0.29) is 11.7 Å². The first-order valence-corrected chi connectivity index (χ1v) is 7.89. The Bertz CT molecular complexity index is 423. The van der Waals surface area contributed by atoms with Crippen LogP contribution in [-0.4, -0.2) is 16.7 Å². The van der Waals surface area contributed by atoms with E-state index in [2.05, 4.69) is 6.92 Å². The lowest BCUT2D eigenvalue weighted by molar-refractivity contribution is -0.0392. The maximum Gasteiger partial charge on any atom is 0.125 e. The van der Waals surface area contributed by atoms with Gasteiger partial charge in [-0.2, -0.15) is 0 Å². The third kappa shape index (κ3) is 2.00. The summed E-state index contributed by atoms with van der Waals surface area (Å²) < 4.78 is 6.06. The Morgan fingerprint density at radius 3 is 2.83 bits per heavy atom. The van der Waals surface area contributed by atoms with Gasteiger partial charge in [0.05, 0.1) is 16.7 Å². The molecule has 1 unspecified atom stereocenters. The van der Waals surface area contributed by atoms with Crippen LogP contribution in [0.3, 0.4) is 0 Å².